The van der Waals surface area contributed by atoms with Crippen LogP contribution in [0.2, 0.25) is 0 Å². The van der Waals surface area contributed by atoms with Crippen molar-refractivity contribution in [3.63, 3.8) is 0 Å². The zero-order valence-electron chi connectivity index (χ0n) is 15.7. The number of carbonyl (C=O) groups excluding carboxylic acids is 1. The van der Waals surface area contributed by atoms with E-state index in [1.54, 1.807) is 0 Å². The van der Waals surface area contributed by atoms with Crippen LogP contribution in [0.1, 0.15) is 40.7 Å². The first kappa shape index (κ1) is 21.2. The minimum absolute atomic E-state index is 0.145. The number of nitrogens with zero attached hydrogens (tertiary/aromatic N) is 3. The predicted molar refractivity (Wildman–Crippen MR) is 100.0 cm³/mol. The topological polar surface area (TPSA) is 116 Å². The van der Waals surface area contributed by atoms with Crippen molar-refractivity contribution in [1.82, 2.24) is 9.97 Å². The van der Waals surface area contributed by atoms with Gasteiger partial charge in [-0.15, -0.1) is 0 Å². The Labute approximate surface area is 168 Å². The fourth-order valence-electron chi connectivity index (χ4n) is 3.08. The van der Waals surface area contributed by atoms with Crippen LogP contribution in [0.5, 0.6) is 0 Å². The summed E-state index contributed by atoms with van der Waals surface area (Å²) in [5.41, 5.74) is 8.60. The standard InChI is InChI=1S/C19H17F4N5O2/c1-9-6-19(8-20,28-18(25)30-9)11-4-10(2-3-12(11)21)5-14(29)15-17(24)27-13(7-26-15)16(22)23/h2-4,6-7,16H,5,8H2,1H3,(H2,24,27)(H2,25,28)/t19-/m1/s1. The lowest BCUT2D eigenvalue weighted by atomic mass is 9.88. The van der Waals surface area contributed by atoms with Gasteiger partial charge in [-0.05, 0) is 30.7 Å². The number of allylic oxidation sites excluding steroid dienone is 1. The SMILES string of the molecule is CC1=C[C@@](CF)(c2cc(CC(=O)c3ncc(C(F)F)nc3N)ccc2F)N=C(N)O1. The largest absolute Gasteiger partial charge is 0.431 e. The Balaban J connectivity index is 1.94. The van der Waals surface area contributed by atoms with Crippen molar-refractivity contribution < 1.29 is 27.1 Å². The molecule has 158 valence electrons. The van der Waals surface area contributed by atoms with Crippen molar-refractivity contribution in [2.45, 2.75) is 25.3 Å². The van der Waals surface area contributed by atoms with Gasteiger partial charge in [-0.1, -0.05) is 6.07 Å². The quantitative estimate of drug-likeness (QED) is 0.545. The van der Waals surface area contributed by atoms with E-state index in [4.69, 9.17) is 16.2 Å². The van der Waals surface area contributed by atoms with Gasteiger partial charge in [0.1, 0.15) is 35.2 Å². The minimum atomic E-state index is -2.88. The van der Waals surface area contributed by atoms with Gasteiger partial charge in [-0.2, -0.15) is 0 Å². The number of hydrogen-bond donors (Lipinski definition) is 2. The summed E-state index contributed by atoms with van der Waals surface area (Å²) in [6.07, 6.45) is -1.14. The molecule has 1 atom stereocenters. The van der Waals surface area contributed by atoms with E-state index in [0.717, 1.165) is 12.3 Å². The summed E-state index contributed by atoms with van der Waals surface area (Å²) in [5.74, 6) is -1.59. The Hall–Kier alpha value is -3.50. The van der Waals surface area contributed by atoms with Gasteiger partial charge in [0.25, 0.3) is 12.4 Å². The fourth-order valence-corrected chi connectivity index (χ4v) is 3.08. The van der Waals surface area contributed by atoms with Crippen LogP contribution < -0.4 is 11.5 Å². The molecule has 3 rings (SSSR count). The maximum atomic E-state index is 14.5. The van der Waals surface area contributed by atoms with E-state index < -0.39 is 41.8 Å². The van der Waals surface area contributed by atoms with Crippen LogP contribution in [-0.2, 0) is 16.7 Å². The summed E-state index contributed by atoms with van der Waals surface area (Å²) >= 11 is 0. The molecular formula is C19H17F4N5O2. The van der Waals surface area contributed by atoms with Crippen molar-refractivity contribution in [1.29, 1.82) is 0 Å². The molecule has 0 bridgehead atoms. The smallest absolute Gasteiger partial charge is 0.288 e. The van der Waals surface area contributed by atoms with Crippen molar-refractivity contribution in [3.8, 4) is 0 Å². The average molecular weight is 423 g/mol. The summed E-state index contributed by atoms with van der Waals surface area (Å²) in [4.78, 5) is 23.6. The Morgan fingerprint density at radius 2 is 2.03 bits per heavy atom. The number of ketones is 1. The predicted octanol–water partition coefficient (Wildman–Crippen LogP) is 2.97. The van der Waals surface area contributed by atoms with Crippen LogP contribution in [-0.4, -0.2) is 28.4 Å². The second-order valence-corrected chi connectivity index (χ2v) is 6.61. The molecule has 1 aromatic carbocycles. The van der Waals surface area contributed by atoms with Crippen LogP contribution >= 0.6 is 0 Å². The van der Waals surface area contributed by atoms with Gasteiger partial charge < -0.3 is 16.2 Å². The summed E-state index contributed by atoms with van der Waals surface area (Å²) in [6, 6.07) is 3.34. The molecule has 1 aromatic heterocycles. The number of rotatable bonds is 6. The molecule has 30 heavy (non-hydrogen) atoms. The average Bonchev–Trinajstić information content (AvgIpc) is 2.68. The lowest BCUT2D eigenvalue weighted by molar-refractivity contribution is 0.0987. The third-order valence-electron chi connectivity index (χ3n) is 4.39. The van der Waals surface area contributed by atoms with E-state index >= 15 is 0 Å². The molecule has 0 saturated carbocycles. The molecule has 0 amide bonds. The van der Waals surface area contributed by atoms with E-state index in [-0.39, 0.29) is 29.5 Å². The summed E-state index contributed by atoms with van der Waals surface area (Å²) < 4.78 is 58.9. The van der Waals surface area contributed by atoms with Crippen LogP contribution in [0.4, 0.5) is 23.4 Å². The van der Waals surface area contributed by atoms with Crippen molar-refractivity contribution in [2.24, 2.45) is 10.7 Å². The number of amidine groups is 1. The minimum Gasteiger partial charge on any atom is -0.431 e. The molecule has 7 nitrogen and oxygen atoms in total. The van der Waals surface area contributed by atoms with Crippen LogP contribution in [0.3, 0.4) is 0 Å². The highest BCUT2D eigenvalue weighted by Gasteiger charge is 2.36. The maximum absolute atomic E-state index is 14.5. The van der Waals surface area contributed by atoms with Gasteiger partial charge in [0.05, 0.1) is 6.20 Å². The second-order valence-electron chi connectivity index (χ2n) is 6.61. The van der Waals surface area contributed by atoms with Gasteiger partial charge in [0.2, 0.25) is 0 Å². The van der Waals surface area contributed by atoms with E-state index in [0.29, 0.717) is 5.56 Å². The molecule has 4 N–H and O–H groups in total. The third kappa shape index (κ3) is 4.09. The molecule has 1 aliphatic heterocycles. The monoisotopic (exact) mass is 423 g/mol. The number of anilines is 1. The molecule has 2 heterocycles. The van der Waals surface area contributed by atoms with Crippen LogP contribution in [0, 0.1) is 5.82 Å². The number of ether oxygens (including phenoxy) is 1. The molecule has 0 spiro atoms. The molecule has 0 aliphatic carbocycles. The number of nitrogen functional groups attached to an aromatic ring is 1. The molecule has 0 fully saturated rings. The normalized spacial score (nSPS) is 18.6. The van der Waals surface area contributed by atoms with Gasteiger partial charge in [0, 0.05) is 12.0 Å². The first-order chi connectivity index (χ1) is 14.1. The van der Waals surface area contributed by atoms with E-state index in [1.807, 2.05) is 0 Å². The van der Waals surface area contributed by atoms with Crippen molar-refractivity contribution in [2.75, 3.05) is 12.4 Å². The zero-order valence-corrected chi connectivity index (χ0v) is 15.7. The lowest BCUT2D eigenvalue weighted by Gasteiger charge is -2.29. The Morgan fingerprint density at radius 1 is 1.30 bits per heavy atom. The summed E-state index contributed by atoms with van der Waals surface area (Å²) in [6.45, 7) is 0.415. The number of Topliss-reactive ketones (excluding diaryl/α,β-unsaturated/α-hetero) is 1. The first-order valence-corrected chi connectivity index (χ1v) is 8.66. The number of halogens is 4. The van der Waals surface area contributed by atoms with Crippen molar-refractivity contribution in [3.05, 3.63) is 64.6 Å². The second kappa shape index (κ2) is 8.09. The number of benzene rings is 1. The highest BCUT2D eigenvalue weighted by Crippen LogP contribution is 2.35. The Kier molecular flexibility index (Phi) is 5.72. The number of nitrogens with two attached hydrogens (primary N) is 2. The lowest BCUT2D eigenvalue weighted by Crippen LogP contribution is -2.34. The molecule has 11 heteroatoms. The third-order valence-corrected chi connectivity index (χ3v) is 4.39. The number of alkyl halides is 3. The first-order valence-electron chi connectivity index (χ1n) is 8.66. The van der Waals surface area contributed by atoms with E-state index in [2.05, 4.69) is 15.0 Å². The van der Waals surface area contributed by atoms with Crippen LogP contribution in [0.15, 0.2) is 41.2 Å². The fraction of sp³-hybridized carbons (Fsp3) is 0.263. The van der Waals surface area contributed by atoms with Crippen LogP contribution in [0.25, 0.3) is 0 Å². The van der Waals surface area contributed by atoms with E-state index in [1.165, 1.54) is 25.1 Å². The number of aromatic nitrogens is 2. The molecular weight excluding hydrogens is 406 g/mol. The highest BCUT2D eigenvalue weighted by atomic mass is 19.3. The zero-order chi connectivity index (χ0) is 22.1. The molecule has 0 unspecified atom stereocenters. The summed E-state index contributed by atoms with van der Waals surface area (Å²) in [7, 11) is 0. The summed E-state index contributed by atoms with van der Waals surface area (Å²) in [5, 5.41) is 0. The maximum Gasteiger partial charge on any atom is 0.288 e. The van der Waals surface area contributed by atoms with Crippen molar-refractivity contribution >= 4 is 17.6 Å². The number of aliphatic imine (C=N–C) groups is 1. The number of carbonyl (C=O) groups is 1. The van der Waals surface area contributed by atoms with Gasteiger partial charge in [-0.25, -0.2) is 32.5 Å². The molecule has 0 saturated heterocycles. The Bertz CT molecular complexity index is 1040. The van der Waals surface area contributed by atoms with E-state index in [9.17, 15) is 22.4 Å². The Morgan fingerprint density at radius 3 is 2.63 bits per heavy atom. The van der Waals surface area contributed by atoms with Gasteiger partial charge in [-0.3, -0.25) is 4.79 Å². The molecule has 0 radical (unpaired) electrons. The highest BCUT2D eigenvalue weighted by molar-refractivity contribution is 5.99. The molecule has 2 aromatic rings. The van der Waals surface area contributed by atoms with Gasteiger partial charge in [0.15, 0.2) is 11.6 Å². The number of hydrogen-bond acceptors (Lipinski definition) is 7. The van der Waals surface area contributed by atoms with Gasteiger partial charge >= 0.3 is 0 Å². The molecule has 1 aliphatic rings.